The lowest BCUT2D eigenvalue weighted by atomic mass is 10.1. The Morgan fingerprint density at radius 1 is 1.40 bits per heavy atom. The summed E-state index contributed by atoms with van der Waals surface area (Å²) in [4.78, 5) is 11.9. The van der Waals surface area contributed by atoms with E-state index in [1.807, 2.05) is 6.07 Å². The smallest absolute Gasteiger partial charge is 0.262 e. The zero-order chi connectivity index (χ0) is 14.1. The molecule has 0 unspecified atom stereocenters. The summed E-state index contributed by atoms with van der Waals surface area (Å²) in [5, 5.41) is 12.3. The number of ether oxygens (including phenoxy) is 2. The number of benzene rings is 1. The summed E-state index contributed by atoms with van der Waals surface area (Å²) in [6.07, 6.45) is 3.40. The second-order valence-electron chi connectivity index (χ2n) is 4.64. The molecule has 1 fully saturated rings. The predicted molar refractivity (Wildman–Crippen MR) is 72.3 cm³/mol. The molecule has 1 amide bonds. The van der Waals surface area contributed by atoms with Crippen LogP contribution in [0.4, 0.5) is 0 Å². The van der Waals surface area contributed by atoms with E-state index in [1.165, 1.54) is 6.08 Å². The molecule has 0 saturated heterocycles. The normalized spacial score (nSPS) is 16.7. The summed E-state index contributed by atoms with van der Waals surface area (Å²) >= 11 is 6.11. The highest BCUT2D eigenvalue weighted by molar-refractivity contribution is 6.32. The van der Waals surface area contributed by atoms with Crippen LogP contribution >= 0.6 is 11.6 Å². The van der Waals surface area contributed by atoms with Crippen LogP contribution in [-0.4, -0.2) is 18.7 Å². The highest BCUT2D eigenvalue weighted by Crippen LogP contribution is 2.37. The number of fused-ring (bicyclic) bond motifs is 1. The maximum Gasteiger partial charge on any atom is 0.262 e. The molecule has 0 atom stereocenters. The van der Waals surface area contributed by atoms with E-state index in [-0.39, 0.29) is 24.3 Å². The van der Waals surface area contributed by atoms with Crippen molar-refractivity contribution in [1.82, 2.24) is 5.32 Å². The van der Waals surface area contributed by atoms with Crippen LogP contribution in [0, 0.1) is 11.3 Å². The molecule has 6 heteroatoms. The highest BCUT2D eigenvalue weighted by atomic mass is 35.5. The van der Waals surface area contributed by atoms with E-state index in [1.54, 1.807) is 12.1 Å². The molecule has 1 aromatic rings. The van der Waals surface area contributed by atoms with Crippen molar-refractivity contribution >= 4 is 23.6 Å². The SMILES string of the molecule is N#C/C(=C\c1cc2c(cc1Cl)OCO2)C(=O)NC1CC1. The Bertz CT molecular complexity index is 645. The Morgan fingerprint density at radius 3 is 2.75 bits per heavy atom. The van der Waals surface area contributed by atoms with Gasteiger partial charge in [-0.1, -0.05) is 11.6 Å². The van der Waals surface area contributed by atoms with Crippen LogP contribution in [0.1, 0.15) is 18.4 Å². The highest BCUT2D eigenvalue weighted by Gasteiger charge is 2.25. The minimum atomic E-state index is -0.372. The molecule has 20 heavy (non-hydrogen) atoms. The average Bonchev–Trinajstić information content (AvgIpc) is 3.12. The minimum Gasteiger partial charge on any atom is -0.454 e. The third-order valence-electron chi connectivity index (χ3n) is 3.07. The molecule has 1 aliphatic heterocycles. The fourth-order valence-corrected chi connectivity index (χ4v) is 2.05. The lowest BCUT2D eigenvalue weighted by Crippen LogP contribution is -2.26. The van der Waals surface area contributed by atoms with Crippen LogP contribution in [0.25, 0.3) is 6.08 Å². The fraction of sp³-hybridized carbons (Fsp3) is 0.286. The molecule has 1 aliphatic carbocycles. The molecule has 5 nitrogen and oxygen atoms in total. The van der Waals surface area contributed by atoms with Crippen molar-refractivity contribution in [2.24, 2.45) is 0 Å². The standard InChI is InChI=1S/C14H11ClN2O3/c15-11-5-13-12(19-7-20-13)4-8(11)3-9(6-16)14(18)17-10-1-2-10/h3-5,10H,1-2,7H2,(H,17,18)/b9-3+. The number of carbonyl (C=O) groups excluding carboxylic acids is 1. The monoisotopic (exact) mass is 290 g/mol. The molecule has 1 aromatic carbocycles. The molecule has 3 rings (SSSR count). The van der Waals surface area contributed by atoms with Crippen LogP contribution in [0.5, 0.6) is 11.5 Å². The third kappa shape index (κ3) is 2.56. The van der Waals surface area contributed by atoms with Crippen molar-refractivity contribution in [3.8, 4) is 17.6 Å². The number of rotatable bonds is 3. The van der Waals surface area contributed by atoms with E-state index in [2.05, 4.69) is 5.32 Å². The van der Waals surface area contributed by atoms with Gasteiger partial charge >= 0.3 is 0 Å². The maximum absolute atomic E-state index is 11.9. The van der Waals surface area contributed by atoms with Crippen LogP contribution < -0.4 is 14.8 Å². The Balaban J connectivity index is 1.89. The van der Waals surface area contributed by atoms with Gasteiger partial charge in [-0.2, -0.15) is 5.26 Å². The van der Waals surface area contributed by atoms with E-state index in [0.29, 0.717) is 22.1 Å². The molecule has 2 aliphatic rings. The van der Waals surface area contributed by atoms with E-state index in [4.69, 9.17) is 26.3 Å². The van der Waals surface area contributed by atoms with E-state index >= 15 is 0 Å². The van der Waals surface area contributed by atoms with Crippen LogP contribution in [0.15, 0.2) is 17.7 Å². The van der Waals surface area contributed by atoms with Gasteiger partial charge in [-0.25, -0.2) is 0 Å². The first-order valence-electron chi connectivity index (χ1n) is 6.19. The van der Waals surface area contributed by atoms with Gasteiger partial charge in [0, 0.05) is 12.1 Å². The van der Waals surface area contributed by atoms with Gasteiger partial charge in [0.2, 0.25) is 6.79 Å². The van der Waals surface area contributed by atoms with E-state index in [9.17, 15) is 4.79 Å². The van der Waals surface area contributed by atoms with Gasteiger partial charge in [0.25, 0.3) is 5.91 Å². The lowest BCUT2D eigenvalue weighted by Gasteiger charge is -2.04. The van der Waals surface area contributed by atoms with Gasteiger partial charge in [-0.15, -0.1) is 0 Å². The molecule has 1 heterocycles. The number of nitrogens with one attached hydrogen (secondary N) is 1. The van der Waals surface area contributed by atoms with Gasteiger partial charge in [0.15, 0.2) is 11.5 Å². The molecule has 0 aromatic heterocycles. The fourth-order valence-electron chi connectivity index (χ4n) is 1.84. The predicted octanol–water partition coefficient (Wildman–Crippen LogP) is 2.25. The van der Waals surface area contributed by atoms with Gasteiger partial charge in [0.1, 0.15) is 11.6 Å². The molecule has 0 radical (unpaired) electrons. The number of halogens is 1. The van der Waals surface area contributed by atoms with Crippen molar-refractivity contribution < 1.29 is 14.3 Å². The van der Waals surface area contributed by atoms with Gasteiger partial charge in [-0.05, 0) is 30.5 Å². The quantitative estimate of drug-likeness (QED) is 0.684. The minimum absolute atomic E-state index is 0.0256. The van der Waals surface area contributed by atoms with Gasteiger partial charge in [0.05, 0.1) is 5.02 Å². The molecule has 1 N–H and O–H groups in total. The zero-order valence-electron chi connectivity index (χ0n) is 10.5. The largest absolute Gasteiger partial charge is 0.454 e. The van der Waals surface area contributed by atoms with E-state index in [0.717, 1.165) is 12.8 Å². The molecule has 0 bridgehead atoms. The summed E-state index contributed by atoms with van der Waals surface area (Å²) < 4.78 is 10.5. The van der Waals surface area contributed by atoms with Crippen molar-refractivity contribution in [1.29, 1.82) is 5.26 Å². The Labute approximate surface area is 120 Å². The summed E-state index contributed by atoms with van der Waals surface area (Å²) in [5.41, 5.74) is 0.580. The molecule has 1 saturated carbocycles. The van der Waals surface area contributed by atoms with Crippen molar-refractivity contribution in [3.63, 3.8) is 0 Å². The number of hydrogen-bond donors (Lipinski definition) is 1. The number of amides is 1. The summed E-state index contributed by atoms with van der Waals surface area (Å²) in [5.74, 6) is 0.748. The van der Waals surface area contributed by atoms with Gasteiger partial charge < -0.3 is 14.8 Å². The number of carbonyl (C=O) groups is 1. The maximum atomic E-state index is 11.9. The zero-order valence-corrected chi connectivity index (χ0v) is 11.2. The van der Waals surface area contributed by atoms with Crippen LogP contribution in [0.2, 0.25) is 5.02 Å². The second-order valence-corrected chi connectivity index (χ2v) is 5.05. The Morgan fingerprint density at radius 2 is 2.10 bits per heavy atom. The summed E-state index contributed by atoms with van der Waals surface area (Å²) in [6, 6.07) is 5.37. The summed E-state index contributed by atoms with van der Waals surface area (Å²) in [7, 11) is 0. The molecular weight excluding hydrogens is 280 g/mol. The Kier molecular flexibility index (Phi) is 3.25. The molecular formula is C14H11ClN2O3. The average molecular weight is 291 g/mol. The first-order chi connectivity index (χ1) is 9.67. The number of hydrogen-bond acceptors (Lipinski definition) is 4. The molecule has 0 spiro atoms. The van der Waals surface area contributed by atoms with Crippen molar-refractivity contribution in [2.75, 3.05) is 6.79 Å². The van der Waals surface area contributed by atoms with Gasteiger partial charge in [-0.3, -0.25) is 4.79 Å². The third-order valence-corrected chi connectivity index (χ3v) is 3.40. The summed E-state index contributed by atoms with van der Waals surface area (Å²) in [6.45, 7) is 0.145. The van der Waals surface area contributed by atoms with Crippen LogP contribution in [0.3, 0.4) is 0 Å². The number of nitrogens with zero attached hydrogens (tertiary/aromatic N) is 1. The van der Waals surface area contributed by atoms with Crippen molar-refractivity contribution in [2.45, 2.75) is 18.9 Å². The van der Waals surface area contributed by atoms with E-state index < -0.39 is 0 Å². The Hall–Kier alpha value is -2.19. The molecule has 102 valence electrons. The second kappa shape index (κ2) is 5.06. The topological polar surface area (TPSA) is 71.3 Å². The first kappa shape index (κ1) is 12.8. The van der Waals surface area contributed by atoms with Crippen molar-refractivity contribution in [3.05, 3.63) is 28.3 Å². The first-order valence-corrected chi connectivity index (χ1v) is 6.57. The van der Waals surface area contributed by atoms with Crippen LogP contribution in [-0.2, 0) is 4.79 Å². The number of nitriles is 1. The lowest BCUT2D eigenvalue weighted by molar-refractivity contribution is -0.117.